The van der Waals surface area contributed by atoms with E-state index in [0.29, 0.717) is 0 Å². The highest BCUT2D eigenvalue weighted by atomic mass is 15.3. The second-order valence-electron chi connectivity index (χ2n) is 7.71. The molecule has 3 fully saturated rings. The third-order valence-corrected chi connectivity index (χ3v) is 6.37. The van der Waals surface area contributed by atoms with Crippen molar-refractivity contribution < 1.29 is 0 Å². The molecule has 1 saturated carbocycles. The minimum atomic E-state index is 0.756. The lowest BCUT2D eigenvalue weighted by Crippen LogP contribution is -2.49. The lowest BCUT2D eigenvalue weighted by molar-refractivity contribution is 0.0729. The fraction of sp³-hybridized carbons (Fsp3) is 1.00. The van der Waals surface area contributed by atoms with Crippen molar-refractivity contribution in [1.82, 2.24) is 9.80 Å². The Morgan fingerprint density at radius 1 is 1.00 bits per heavy atom. The van der Waals surface area contributed by atoms with Gasteiger partial charge in [-0.15, -0.1) is 0 Å². The maximum Gasteiger partial charge on any atom is 0.0223 e. The Balaban J connectivity index is 1.66. The molecule has 0 aromatic rings. The minimum Gasteiger partial charge on any atom is -0.330 e. The molecule has 3 aliphatic rings. The van der Waals surface area contributed by atoms with Gasteiger partial charge in [0.15, 0.2) is 0 Å². The molecule has 1 aliphatic carbocycles. The number of hydrogen-bond donors (Lipinski definition) is 1. The van der Waals surface area contributed by atoms with Crippen LogP contribution in [0.1, 0.15) is 58.3 Å². The molecule has 0 radical (unpaired) electrons. The van der Waals surface area contributed by atoms with Crippen LogP contribution in [0, 0.1) is 11.8 Å². The summed E-state index contributed by atoms with van der Waals surface area (Å²) in [5.74, 6) is 1.72. The van der Waals surface area contributed by atoms with Crippen LogP contribution < -0.4 is 5.73 Å². The Morgan fingerprint density at radius 2 is 1.81 bits per heavy atom. The summed E-state index contributed by atoms with van der Waals surface area (Å²) in [6, 6.07) is 1.62. The van der Waals surface area contributed by atoms with Crippen molar-refractivity contribution >= 4 is 0 Å². The number of nitrogens with two attached hydrogens (primary N) is 1. The van der Waals surface area contributed by atoms with Crippen LogP contribution in [0.25, 0.3) is 0 Å². The van der Waals surface area contributed by atoms with Crippen molar-refractivity contribution in [2.75, 3.05) is 32.7 Å². The Hall–Kier alpha value is -0.120. The maximum atomic E-state index is 6.13. The zero-order chi connectivity index (χ0) is 14.7. The summed E-state index contributed by atoms with van der Waals surface area (Å²) in [5.41, 5.74) is 6.13. The molecule has 0 aromatic heterocycles. The van der Waals surface area contributed by atoms with Crippen molar-refractivity contribution in [2.24, 2.45) is 17.6 Å². The van der Waals surface area contributed by atoms with Crippen LogP contribution in [0.2, 0.25) is 0 Å². The monoisotopic (exact) mass is 293 g/mol. The lowest BCUT2D eigenvalue weighted by Gasteiger charge is -2.43. The van der Waals surface area contributed by atoms with E-state index in [9.17, 15) is 0 Å². The fourth-order valence-electron chi connectivity index (χ4n) is 5.22. The van der Waals surface area contributed by atoms with E-state index in [-0.39, 0.29) is 0 Å². The highest BCUT2D eigenvalue weighted by Gasteiger charge is 2.37. The summed E-state index contributed by atoms with van der Waals surface area (Å²) in [7, 11) is 0. The van der Waals surface area contributed by atoms with Gasteiger partial charge in [0.05, 0.1) is 0 Å². The van der Waals surface area contributed by atoms with E-state index < -0.39 is 0 Å². The van der Waals surface area contributed by atoms with Crippen molar-refractivity contribution in [3.05, 3.63) is 0 Å². The van der Waals surface area contributed by atoms with Gasteiger partial charge in [0.1, 0.15) is 0 Å². The van der Waals surface area contributed by atoms with Crippen molar-refractivity contribution in [2.45, 2.75) is 70.4 Å². The molecule has 2 aliphatic heterocycles. The third kappa shape index (κ3) is 3.62. The summed E-state index contributed by atoms with van der Waals surface area (Å²) in [4.78, 5) is 5.61. The van der Waals surface area contributed by atoms with E-state index in [0.717, 1.165) is 30.5 Å². The molecule has 0 bridgehead atoms. The van der Waals surface area contributed by atoms with Gasteiger partial charge in [0.2, 0.25) is 0 Å². The van der Waals surface area contributed by atoms with E-state index in [1.54, 1.807) is 0 Å². The predicted molar refractivity (Wildman–Crippen MR) is 89.4 cm³/mol. The van der Waals surface area contributed by atoms with Crippen LogP contribution in [0.3, 0.4) is 0 Å². The lowest BCUT2D eigenvalue weighted by atomic mass is 9.75. The van der Waals surface area contributed by atoms with Gasteiger partial charge in [-0.2, -0.15) is 0 Å². The summed E-state index contributed by atoms with van der Waals surface area (Å²) in [5, 5.41) is 0. The number of hydrogen-bond acceptors (Lipinski definition) is 3. The zero-order valence-corrected chi connectivity index (χ0v) is 14.0. The highest BCUT2D eigenvalue weighted by molar-refractivity contribution is 4.92. The standard InChI is InChI=1S/C18H35N3/c1-2-5-15-7-8-16(13-19)18(12-15)21-11-4-10-20-9-3-6-17(20)14-21/h15-18H,2-14,19H2,1H3. The van der Waals surface area contributed by atoms with Crippen molar-refractivity contribution in [3.8, 4) is 0 Å². The molecular weight excluding hydrogens is 258 g/mol. The summed E-state index contributed by atoms with van der Waals surface area (Å²) < 4.78 is 0. The van der Waals surface area contributed by atoms with Gasteiger partial charge in [-0.3, -0.25) is 9.80 Å². The highest BCUT2D eigenvalue weighted by Crippen LogP contribution is 2.35. The first-order valence-corrected chi connectivity index (χ1v) is 9.50. The summed E-state index contributed by atoms with van der Waals surface area (Å²) in [6.07, 6.45) is 11.2. The molecule has 122 valence electrons. The zero-order valence-electron chi connectivity index (χ0n) is 14.0. The average Bonchev–Trinajstić information content (AvgIpc) is 2.84. The molecule has 3 rings (SSSR count). The Bertz CT molecular complexity index is 320. The van der Waals surface area contributed by atoms with Crippen LogP contribution in [0.5, 0.6) is 0 Å². The minimum absolute atomic E-state index is 0.756. The Morgan fingerprint density at radius 3 is 2.62 bits per heavy atom. The molecule has 3 heteroatoms. The summed E-state index contributed by atoms with van der Waals surface area (Å²) >= 11 is 0. The maximum absolute atomic E-state index is 6.13. The number of fused-ring (bicyclic) bond motifs is 1. The second-order valence-corrected chi connectivity index (χ2v) is 7.71. The molecule has 4 unspecified atom stereocenters. The molecule has 21 heavy (non-hydrogen) atoms. The van der Waals surface area contributed by atoms with Crippen LogP contribution in [-0.2, 0) is 0 Å². The Labute approximate surface area is 131 Å². The molecule has 2 N–H and O–H groups in total. The molecule has 2 saturated heterocycles. The van der Waals surface area contributed by atoms with E-state index in [4.69, 9.17) is 5.73 Å². The van der Waals surface area contributed by atoms with E-state index >= 15 is 0 Å². The van der Waals surface area contributed by atoms with Gasteiger partial charge < -0.3 is 5.73 Å². The topological polar surface area (TPSA) is 32.5 Å². The van der Waals surface area contributed by atoms with Crippen molar-refractivity contribution in [1.29, 1.82) is 0 Å². The molecule has 0 aromatic carbocycles. The average molecular weight is 293 g/mol. The first-order chi connectivity index (χ1) is 10.3. The number of rotatable bonds is 4. The van der Waals surface area contributed by atoms with Crippen molar-refractivity contribution in [3.63, 3.8) is 0 Å². The fourth-order valence-corrected chi connectivity index (χ4v) is 5.22. The van der Waals surface area contributed by atoms with E-state index in [1.165, 1.54) is 77.5 Å². The Kier molecular flexibility index (Phi) is 5.58. The van der Waals surface area contributed by atoms with Crippen LogP contribution in [0.4, 0.5) is 0 Å². The third-order valence-electron chi connectivity index (χ3n) is 6.37. The van der Waals surface area contributed by atoms with E-state index in [2.05, 4.69) is 16.7 Å². The van der Waals surface area contributed by atoms with Gasteiger partial charge in [0.25, 0.3) is 0 Å². The smallest absolute Gasteiger partial charge is 0.0223 e. The van der Waals surface area contributed by atoms with Gasteiger partial charge in [-0.05, 0) is 70.1 Å². The van der Waals surface area contributed by atoms with Gasteiger partial charge in [0, 0.05) is 18.6 Å². The molecule has 0 amide bonds. The van der Waals surface area contributed by atoms with Crippen LogP contribution in [0.15, 0.2) is 0 Å². The second kappa shape index (κ2) is 7.43. The number of nitrogens with zero attached hydrogens (tertiary/aromatic N) is 2. The molecule has 3 nitrogen and oxygen atoms in total. The molecule has 2 heterocycles. The normalized spacial score (nSPS) is 39.1. The summed E-state index contributed by atoms with van der Waals surface area (Å²) in [6.45, 7) is 8.55. The molecule has 0 spiro atoms. The first kappa shape index (κ1) is 15.8. The SMILES string of the molecule is CCCC1CCC(CN)C(N2CCCN3CCCC3C2)C1. The first-order valence-electron chi connectivity index (χ1n) is 9.50. The molecular formula is C18H35N3. The van der Waals surface area contributed by atoms with E-state index in [1.807, 2.05) is 0 Å². The van der Waals surface area contributed by atoms with Crippen LogP contribution in [-0.4, -0.2) is 54.6 Å². The quantitative estimate of drug-likeness (QED) is 0.865. The largest absolute Gasteiger partial charge is 0.330 e. The van der Waals surface area contributed by atoms with Gasteiger partial charge in [-0.1, -0.05) is 26.2 Å². The predicted octanol–water partition coefficient (Wildman–Crippen LogP) is 2.70. The van der Waals surface area contributed by atoms with Gasteiger partial charge >= 0.3 is 0 Å². The van der Waals surface area contributed by atoms with Crippen LogP contribution >= 0.6 is 0 Å². The van der Waals surface area contributed by atoms with Gasteiger partial charge in [-0.25, -0.2) is 0 Å². The molecule has 4 atom stereocenters.